The van der Waals surface area contributed by atoms with Gasteiger partial charge in [-0.15, -0.1) is 0 Å². The molecule has 2 unspecified atom stereocenters. The number of piperidine rings is 1. The average molecular weight is 521 g/mol. The van der Waals surface area contributed by atoms with Crippen molar-refractivity contribution in [2.45, 2.75) is 95.4 Å². The van der Waals surface area contributed by atoms with Crippen LogP contribution < -0.4 is 0 Å². The highest BCUT2D eigenvalue weighted by Gasteiger charge is 2.49. The number of nitrogens with zero attached hydrogens (tertiary/aromatic N) is 2. The van der Waals surface area contributed by atoms with E-state index >= 15 is 0 Å². The Morgan fingerprint density at radius 2 is 1.71 bits per heavy atom. The van der Waals surface area contributed by atoms with Gasteiger partial charge in [0.2, 0.25) is 0 Å². The predicted octanol–water partition coefficient (Wildman–Crippen LogP) is 6.79. The Labute approximate surface area is 215 Å². The maximum atomic E-state index is 13.6. The van der Waals surface area contributed by atoms with Crippen LogP contribution in [0.1, 0.15) is 82.3 Å². The first-order valence-corrected chi connectivity index (χ1v) is 12.9. The van der Waals surface area contributed by atoms with Crippen LogP contribution in [-0.2, 0) is 14.9 Å². The van der Waals surface area contributed by atoms with Gasteiger partial charge in [0.15, 0.2) is 5.76 Å². The van der Waals surface area contributed by atoms with E-state index in [9.17, 15) is 9.59 Å². The number of fused-ring (bicyclic) bond motifs is 2. The van der Waals surface area contributed by atoms with Crippen LogP contribution in [0.3, 0.4) is 0 Å². The lowest BCUT2D eigenvalue weighted by atomic mass is 9.97. The standard InChI is InChI=1S/C26H30Cl2N2O5/c1-25(2,3)34-24(32)30-14-8-9-15(30)13-16(12-14)33-23(31)20-21(19-17(27)6-5-7-18(19)28)29-35-22(20)26(4)10-11-26/h5-7,14-16H,8-13H2,1-4H3/t14-,15?,16?/m1/s1. The first-order valence-electron chi connectivity index (χ1n) is 12.1. The number of amides is 1. The monoisotopic (exact) mass is 520 g/mol. The lowest BCUT2D eigenvalue weighted by Crippen LogP contribution is -2.50. The van der Waals surface area contributed by atoms with Crippen molar-refractivity contribution in [3.63, 3.8) is 0 Å². The van der Waals surface area contributed by atoms with Gasteiger partial charge < -0.3 is 18.9 Å². The molecule has 2 bridgehead atoms. The number of hydrogen-bond acceptors (Lipinski definition) is 6. The number of carbonyl (C=O) groups excluding carboxylic acids is 2. The Kier molecular flexibility index (Phi) is 6.07. The van der Waals surface area contributed by atoms with Crippen molar-refractivity contribution in [1.29, 1.82) is 0 Å². The fraction of sp³-hybridized carbons (Fsp3) is 0.577. The zero-order valence-electron chi connectivity index (χ0n) is 20.4. The molecule has 5 rings (SSSR count). The van der Waals surface area contributed by atoms with Gasteiger partial charge in [-0.2, -0.15) is 0 Å². The van der Waals surface area contributed by atoms with Gasteiger partial charge in [0.25, 0.3) is 0 Å². The van der Waals surface area contributed by atoms with Gasteiger partial charge in [-0.1, -0.05) is 41.3 Å². The maximum absolute atomic E-state index is 13.6. The molecule has 2 saturated heterocycles. The van der Waals surface area contributed by atoms with Gasteiger partial charge in [0.05, 0.1) is 10.0 Å². The largest absolute Gasteiger partial charge is 0.458 e. The molecule has 7 nitrogen and oxygen atoms in total. The van der Waals surface area contributed by atoms with E-state index in [1.54, 1.807) is 18.2 Å². The fourth-order valence-electron chi connectivity index (χ4n) is 5.25. The van der Waals surface area contributed by atoms with E-state index in [1.165, 1.54) is 0 Å². The summed E-state index contributed by atoms with van der Waals surface area (Å²) in [5.41, 5.74) is 0.248. The molecular formula is C26H30Cl2N2O5. The molecule has 3 heterocycles. The van der Waals surface area contributed by atoms with E-state index in [1.807, 2.05) is 32.6 Å². The van der Waals surface area contributed by atoms with Gasteiger partial charge in [-0.25, -0.2) is 9.59 Å². The second-order valence-electron chi connectivity index (χ2n) is 11.2. The molecule has 1 amide bonds. The fourth-order valence-corrected chi connectivity index (χ4v) is 5.82. The molecule has 3 fully saturated rings. The smallest absolute Gasteiger partial charge is 0.410 e. The van der Waals surface area contributed by atoms with E-state index in [0.717, 1.165) is 25.7 Å². The SMILES string of the molecule is CC(C)(C)OC(=O)N1C2CC[C@@H]1CC(OC(=O)c1c(-c3c(Cl)cccc3Cl)noc1C1(C)CC1)C2. The molecule has 9 heteroatoms. The van der Waals surface area contributed by atoms with Gasteiger partial charge in [0.1, 0.15) is 23.0 Å². The van der Waals surface area contributed by atoms with Crippen LogP contribution in [0.4, 0.5) is 4.79 Å². The van der Waals surface area contributed by atoms with E-state index in [0.29, 0.717) is 45.5 Å². The topological polar surface area (TPSA) is 81.9 Å². The highest BCUT2D eigenvalue weighted by molar-refractivity contribution is 6.39. The van der Waals surface area contributed by atoms with E-state index in [2.05, 4.69) is 5.16 Å². The van der Waals surface area contributed by atoms with Crippen molar-refractivity contribution in [2.75, 3.05) is 0 Å². The summed E-state index contributed by atoms with van der Waals surface area (Å²) in [4.78, 5) is 28.2. The van der Waals surface area contributed by atoms with Crippen molar-refractivity contribution < 1.29 is 23.6 Å². The van der Waals surface area contributed by atoms with Crippen LogP contribution in [0.25, 0.3) is 11.3 Å². The molecule has 2 aromatic rings. The molecule has 1 aromatic carbocycles. The van der Waals surface area contributed by atoms with E-state index in [-0.39, 0.29) is 29.7 Å². The molecule has 1 aromatic heterocycles. The van der Waals surface area contributed by atoms with Crippen LogP contribution in [0, 0.1) is 0 Å². The third kappa shape index (κ3) is 4.65. The summed E-state index contributed by atoms with van der Waals surface area (Å²) in [5, 5.41) is 5.00. The van der Waals surface area contributed by atoms with Crippen molar-refractivity contribution in [3.8, 4) is 11.3 Å². The van der Waals surface area contributed by atoms with Crippen LogP contribution in [0.5, 0.6) is 0 Å². The molecule has 0 radical (unpaired) electrons. The predicted molar refractivity (Wildman–Crippen MR) is 132 cm³/mol. The minimum atomic E-state index is -0.556. The molecule has 2 aliphatic heterocycles. The van der Waals surface area contributed by atoms with Gasteiger partial charge in [0, 0.05) is 35.9 Å². The molecule has 35 heavy (non-hydrogen) atoms. The Bertz CT molecular complexity index is 1130. The summed E-state index contributed by atoms with van der Waals surface area (Å²) in [6.45, 7) is 7.63. The first-order chi connectivity index (χ1) is 16.5. The molecule has 3 aliphatic rings. The maximum Gasteiger partial charge on any atom is 0.410 e. The third-order valence-corrected chi connectivity index (χ3v) is 7.84. The van der Waals surface area contributed by atoms with Crippen molar-refractivity contribution in [3.05, 3.63) is 39.6 Å². The lowest BCUT2D eigenvalue weighted by molar-refractivity contribution is -0.0227. The average Bonchev–Trinajstić information content (AvgIpc) is 3.23. The van der Waals surface area contributed by atoms with E-state index in [4.69, 9.17) is 37.2 Å². The normalized spacial score (nSPS) is 24.9. The molecule has 3 atom stereocenters. The summed E-state index contributed by atoms with van der Waals surface area (Å²) in [6, 6.07) is 5.12. The number of ether oxygens (including phenoxy) is 2. The molecule has 0 N–H and O–H groups in total. The van der Waals surface area contributed by atoms with E-state index < -0.39 is 11.6 Å². The Morgan fingerprint density at radius 1 is 1.11 bits per heavy atom. The van der Waals surface area contributed by atoms with Gasteiger partial charge in [-0.3, -0.25) is 0 Å². The molecule has 1 saturated carbocycles. The van der Waals surface area contributed by atoms with Crippen molar-refractivity contribution >= 4 is 35.3 Å². The summed E-state index contributed by atoms with van der Waals surface area (Å²) in [7, 11) is 0. The number of carbonyl (C=O) groups is 2. The van der Waals surface area contributed by atoms with Gasteiger partial charge >= 0.3 is 12.1 Å². The molecular weight excluding hydrogens is 491 g/mol. The van der Waals surface area contributed by atoms with Crippen LogP contribution in [-0.4, -0.2) is 45.9 Å². The summed E-state index contributed by atoms with van der Waals surface area (Å²) >= 11 is 12.9. The molecule has 0 spiro atoms. The minimum absolute atomic E-state index is 0.0122. The quantitative estimate of drug-likeness (QED) is 0.412. The second kappa shape index (κ2) is 8.70. The molecule has 188 valence electrons. The summed E-state index contributed by atoms with van der Waals surface area (Å²) < 4.78 is 17.4. The lowest BCUT2D eigenvalue weighted by Gasteiger charge is -2.39. The zero-order valence-corrected chi connectivity index (χ0v) is 21.9. The number of hydrogen-bond donors (Lipinski definition) is 0. The van der Waals surface area contributed by atoms with Gasteiger partial charge in [-0.05, 0) is 58.6 Å². The second-order valence-corrected chi connectivity index (χ2v) is 12.0. The van der Waals surface area contributed by atoms with Crippen molar-refractivity contribution in [1.82, 2.24) is 10.1 Å². The number of aromatic nitrogens is 1. The van der Waals surface area contributed by atoms with Crippen LogP contribution in [0.15, 0.2) is 22.7 Å². The number of halogens is 2. The minimum Gasteiger partial charge on any atom is -0.458 e. The van der Waals surface area contributed by atoms with Crippen LogP contribution in [0.2, 0.25) is 10.0 Å². The Morgan fingerprint density at radius 3 is 2.26 bits per heavy atom. The Balaban J connectivity index is 1.39. The highest BCUT2D eigenvalue weighted by Crippen LogP contribution is 2.51. The zero-order chi connectivity index (χ0) is 25.1. The Hall–Kier alpha value is -2.25. The van der Waals surface area contributed by atoms with Crippen LogP contribution >= 0.6 is 23.2 Å². The summed E-state index contributed by atoms with van der Waals surface area (Å²) in [5.74, 6) is 0.0260. The first kappa shape index (κ1) is 24.4. The number of esters is 1. The number of rotatable bonds is 4. The summed E-state index contributed by atoms with van der Waals surface area (Å²) in [6.07, 6.45) is 4.07. The third-order valence-electron chi connectivity index (χ3n) is 7.21. The molecule has 1 aliphatic carbocycles. The van der Waals surface area contributed by atoms with Crippen molar-refractivity contribution in [2.24, 2.45) is 0 Å². The highest BCUT2D eigenvalue weighted by atomic mass is 35.5. The number of benzene rings is 1.